The first kappa shape index (κ1) is 15.2. The number of fused-ring (bicyclic) bond motifs is 3. The van der Waals surface area contributed by atoms with Crippen LogP contribution in [0.25, 0.3) is 0 Å². The van der Waals surface area contributed by atoms with Gasteiger partial charge in [0.25, 0.3) is 0 Å². The van der Waals surface area contributed by atoms with E-state index in [9.17, 15) is 0 Å². The number of rotatable bonds is 0. The van der Waals surface area contributed by atoms with Gasteiger partial charge in [0.1, 0.15) is 0 Å². The summed E-state index contributed by atoms with van der Waals surface area (Å²) in [6.45, 7) is 14.3. The van der Waals surface area contributed by atoms with E-state index in [1.54, 1.807) is 0 Å². The molecule has 0 aromatic heterocycles. The maximum atomic E-state index is 3.57. The first-order valence-corrected chi connectivity index (χ1v) is 7.76. The summed E-state index contributed by atoms with van der Waals surface area (Å²) in [6, 6.07) is 0. The highest BCUT2D eigenvalue weighted by Gasteiger charge is 2.14. The zero-order valence-electron chi connectivity index (χ0n) is 12.8. The van der Waals surface area contributed by atoms with Crippen LogP contribution < -0.4 is 5.32 Å². The minimum Gasteiger partial charge on any atom is -0.314 e. The number of nitrogens with zero attached hydrogens (tertiary/aromatic N) is 4. The molecule has 19 heavy (non-hydrogen) atoms. The summed E-state index contributed by atoms with van der Waals surface area (Å²) in [5, 5.41) is 3.57. The topological polar surface area (TPSA) is 25.0 Å². The quantitative estimate of drug-likeness (QED) is 0.613. The Kier molecular flexibility index (Phi) is 6.53. The van der Waals surface area contributed by atoms with E-state index in [1.165, 1.54) is 65.4 Å². The number of likely N-dealkylation sites (N-methyl/N-ethyl adjacent to an activating group) is 2. The third-order valence-electron chi connectivity index (χ3n) is 4.40. The first-order valence-electron chi connectivity index (χ1n) is 7.76. The first-order chi connectivity index (χ1) is 9.24. The lowest BCUT2D eigenvalue weighted by Gasteiger charge is -2.31. The molecule has 1 N–H and O–H groups in total. The van der Waals surface area contributed by atoms with Crippen LogP contribution in [0.15, 0.2) is 0 Å². The molecule has 2 rings (SSSR count). The second-order valence-corrected chi connectivity index (χ2v) is 6.04. The van der Waals surface area contributed by atoms with Crippen LogP contribution in [0.1, 0.15) is 0 Å². The van der Waals surface area contributed by atoms with Crippen molar-refractivity contribution in [3.63, 3.8) is 0 Å². The Morgan fingerprint density at radius 2 is 0.895 bits per heavy atom. The van der Waals surface area contributed by atoms with Gasteiger partial charge in [-0.3, -0.25) is 9.80 Å². The van der Waals surface area contributed by atoms with E-state index in [-0.39, 0.29) is 0 Å². The molecule has 112 valence electrons. The van der Waals surface area contributed by atoms with E-state index in [0.717, 1.165) is 13.1 Å². The van der Waals surface area contributed by atoms with Crippen LogP contribution in [0.4, 0.5) is 0 Å². The Balaban J connectivity index is 1.94. The summed E-state index contributed by atoms with van der Waals surface area (Å²) in [5.41, 5.74) is 0. The highest BCUT2D eigenvalue weighted by molar-refractivity contribution is 4.72. The maximum Gasteiger partial charge on any atom is 0.0110 e. The van der Waals surface area contributed by atoms with Gasteiger partial charge in [0, 0.05) is 78.5 Å². The molecule has 0 saturated carbocycles. The highest BCUT2D eigenvalue weighted by Crippen LogP contribution is 1.99. The SMILES string of the molecule is CN1CCN(C)CCN2CCNCCN(CC1)CC2. The molecule has 2 heterocycles. The summed E-state index contributed by atoms with van der Waals surface area (Å²) in [7, 11) is 4.50. The Hall–Kier alpha value is -0.200. The van der Waals surface area contributed by atoms with Gasteiger partial charge in [-0.1, -0.05) is 0 Å². The van der Waals surface area contributed by atoms with Crippen LogP contribution in [0, 0.1) is 0 Å². The van der Waals surface area contributed by atoms with Gasteiger partial charge in [-0.05, 0) is 14.1 Å². The summed E-state index contributed by atoms with van der Waals surface area (Å²) in [6.07, 6.45) is 0. The van der Waals surface area contributed by atoms with E-state index in [0.29, 0.717) is 0 Å². The summed E-state index contributed by atoms with van der Waals surface area (Å²) < 4.78 is 0. The van der Waals surface area contributed by atoms with E-state index in [1.807, 2.05) is 0 Å². The number of hydrogen-bond donors (Lipinski definition) is 1. The largest absolute Gasteiger partial charge is 0.314 e. The van der Waals surface area contributed by atoms with Gasteiger partial charge in [-0.2, -0.15) is 0 Å². The van der Waals surface area contributed by atoms with Crippen molar-refractivity contribution in [3.05, 3.63) is 0 Å². The van der Waals surface area contributed by atoms with Gasteiger partial charge in [0.05, 0.1) is 0 Å². The van der Waals surface area contributed by atoms with Gasteiger partial charge in [-0.15, -0.1) is 0 Å². The molecule has 0 aliphatic carbocycles. The third kappa shape index (κ3) is 5.75. The van der Waals surface area contributed by atoms with Crippen molar-refractivity contribution >= 4 is 0 Å². The second-order valence-electron chi connectivity index (χ2n) is 6.04. The van der Waals surface area contributed by atoms with Crippen molar-refractivity contribution in [3.8, 4) is 0 Å². The molecule has 0 aromatic rings. The van der Waals surface area contributed by atoms with Crippen LogP contribution in [-0.2, 0) is 0 Å². The minimum absolute atomic E-state index is 1.14. The van der Waals surface area contributed by atoms with Crippen molar-refractivity contribution in [1.29, 1.82) is 0 Å². The van der Waals surface area contributed by atoms with Gasteiger partial charge in [0.2, 0.25) is 0 Å². The zero-order chi connectivity index (χ0) is 13.5. The molecule has 2 aliphatic rings. The maximum absolute atomic E-state index is 3.57. The fourth-order valence-electron chi connectivity index (χ4n) is 2.74. The van der Waals surface area contributed by atoms with Crippen LogP contribution in [-0.4, -0.2) is 112 Å². The molecule has 5 heteroatoms. The molecule has 0 radical (unpaired) electrons. The molecular weight excluding hydrogens is 238 g/mol. The molecule has 2 unspecified atom stereocenters. The fourth-order valence-corrected chi connectivity index (χ4v) is 2.74. The van der Waals surface area contributed by atoms with Gasteiger partial charge < -0.3 is 15.1 Å². The molecule has 0 amide bonds. The minimum atomic E-state index is 1.14. The molecule has 2 saturated heterocycles. The third-order valence-corrected chi connectivity index (χ3v) is 4.40. The molecule has 2 bridgehead atoms. The van der Waals surface area contributed by atoms with Crippen molar-refractivity contribution in [2.24, 2.45) is 0 Å². The normalized spacial score (nSPS) is 33.8. The monoisotopic (exact) mass is 269 g/mol. The standard InChI is InChI=1S/C14H31N5/c1-16-7-8-17(2)10-12-19-6-4-15-3-5-18(11-9-16)13-14-19/h15H,3-14H2,1-2H3. The van der Waals surface area contributed by atoms with Gasteiger partial charge >= 0.3 is 0 Å². The van der Waals surface area contributed by atoms with Crippen LogP contribution >= 0.6 is 0 Å². The van der Waals surface area contributed by atoms with Crippen molar-refractivity contribution in [2.45, 2.75) is 0 Å². The van der Waals surface area contributed by atoms with Crippen LogP contribution in [0.3, 0.4) is 0 Å². The second kappa shape index (κ2) is 8.17. The molecular formula is C14H31N5. The Morgan fingerprint density at radius 3 is 1.37 bits per heavy atom. The Morgan fingerprint density at radius 1 is 0.526 bits per heavy atom. The van der Waals surface area contributed by atoms with Crippen LogP contribution in [0.5, 0.6) is 0 Å². The highest BCUT2D eigenvalue weighted by atomic mass is 15.3. The van der Waals surface area contributed by atoms with E-state index >= 15 is 0 Å². The van der Waals surface area contributed by atoms with Crippen molar-refractivity contribution in [1.82, 2.24) is 24.9 Å². The van der Waals surface area contributed by atoms with E-state index in [4.69, 9.17) is 0 Å². The fraction of sp³-hybridized carbons (Fsp3) is 1.00. The molecule has 2 atom stereocenters. The zero-order valence-corrected chi connectivity index (χ0v) is 12.8. The smallest absolute Gasteiger partial charge is 0.0110 e. The lowest BCUT2D eigenvalue weighted by Crippen LogP contribution is -2.44. The predicted octanol–water partition coefficient (Wildman–Crippen LogP) is -0.929. The van der Waals surface area contributed by atoms with Gasteiger partial charge in [0.15, 0.2) is 0 Å². The van der Waals surface area contributed by atoms with E-state index in [2.05, 4.69) is 39.0 Å². The Labute approximate surface area is 118 Å². The lowest BCUT2D eigenvalue weighted by atomic mass is 10.3. The number of hydrogen-bond acceptors (Lipinski definition) is 5. The predicted molar refractivity (Wildman–Crippen MR) is 80.7 cm³/mol. The van der Waals surface area contributed by atoms with Gasteiger partial charge in [-0.25, -0.2) is 0 Å². The summed E-state index contributed by atoms with van der Waals surface area (Å²) in [5.74, 6) is 0. The molecule has 2 fully saturated rings. The van der Waals surface area contributed by atoms with E-state index < -0.39 is 0 Å². The molecule has 2 aliphatic heterocycles. The molecule has 0 spiro atoms. The molecule has 0 aromatic carbocycles. The van der Waals surface area contributed by atoms with Crippen molar-refractivity contribution < 1.29 is 0 Å². The summed E-state index contributed by atoms with van der Waals surface area (Å²) in [4.78, 5) is 10.2. The summed E-state index contributed by atoms with van der Waals surface area (Å²) >= 11 is 0. The van der Waals surface area contributed by atoms with Crippen molar-refractivity contribution in [2.75, 3.05) is 92.6 Å². The Bertz CT molecular complexity index is 224. The average molecular weight is 269 g/mol. The number of nitrogens with one attached hydrogen (secondary N) is 1. The average Bonchev–Trinajstić information content (AvgIpc) is 2.51. The van der Waals surface area contributed by atoms with Crippen LogP contribution in [0.2, 0.25) is 0 Å². The lowest BCUT2D eigenvalue weighted by molar-refractivity contribution is 0.162. The molecule has 5 nitrogen and oxygen atoms in total.